The third-order valence-electron chi connectivity index (χ3n) is 7.17. The number of para-hydroxylation sites is 1. The first kappa shape index (κ1) is 20.2. The van der Waals surface area contributed by atoms with Crippen molar-refractivity contribution in [3.63, 3.8) is 0 Å². The van der Waals surface area contributed by atoms with Crippen molar-refractivity contribution in [1.82, 2.24) is 10.3 Å². The number of hydrogen-bond donors (Lipinski definition) is 2. The van der Waals surface area contributed by atoms with E-state index in [1.165, 1.54) is 11.3 Å². The van der Waals surface area contributed by atoms with Gasteiger partial charge in [0.1, 0.15) is 6.17 Å². The van der Waals surface area contributed by atoms with Gasteiger partial charge in [0.2, 0.25) is 0 Å². The second kappa shape index (κ2) is 8.18. The van der Waals surface area contributed by atoms with E-state index in [2.05, 4.69) is 44.5 Å². The van der Waals surface area contributed by atoms with Gasteiger partial charge in [0, 0.05) is 47.4 Å². The first-order chi connectivity index (χ1) is 16.2. The van der Waals surface area contributed by atoms with E-state index in [1.54, 1.807) is 0 Å². The minimum absolute atomic E-state index is 0.0504. The fraction of sp³-hybridized carbons (Fsp3) is 0.333. The Balaban J connectivity index is 1.24. The number of aromatic amines is 1. The van der Waals surface area contributed by atoms with Crippen LogP contribution >= 0.6 is 0 Å². The molecule has 1 fully saturated rings. The van der Waals surface area contributed by atoms with Crippen molar-refractivity contribution < 1.29 is 9.18 Å². The minimum Gasteiger partial charge on any atom is -0.371 e. The van der Waals surface area contributed by atoms with Crippen LogP contribution in [-0.4, -0.2) is 36.0 Å². The molecule has 6 heteroatoms. The molecule has 1 saturated heterocycles. The molecule has 1 atom stereocenters. The number of benzene rings is 2. The van der Waals surface area contributed by atoms with Gasteiger partial charge in [-0.3, -0.25) is 0 Å². The molecule has 0 saturated carbocycles. The van der Waals surface area contributed by atoms with Gasteiger partial charge in [0.05, 0.1) is 11.8 Å². The SMILES string of the molecule is O=C(N=C1C=CCc2[nH]c3ccccc3c21)NC1CCc2c1cccc2N1CCC(F)CC1. The minimum atomic E-state index is -0.685. The summed E-state index contributed by atoms with van der Waals surface area (Å²) < 4.78 is 13.6. The van der Waals surface area contributed by atoms with Crippen LogP contribution in [0.2, 0.25) is 0 Å². The van der Waals surface area contributed by atoms with Crippen LogP contribution in [0.4, 0.5) is 14.9 Å². The maximum atomic E-state index is 13.6. The molecule has 168 valence electrons. The van der Waals surface area contributed by atoms with Crippen LogP contribution in [-0.2, 0) is 12.8 Å². The molecule has 5 nitrogen and oxygen atoms in total. The van der Waals surface area contributed by atoms with Gasteiger partial charge < -0.3 is 15.2 Å². The van der Waals surface area contributed by atoms with Crippen LogP contribution in [0.5, 0.6) is 0 Å². The Morgan fingerprint density at radius 1 is 1.09 bits per heavy atom. The fourth-order valence-corrected chi connectivity index (χ4v) is 5.57. The molecule has 2 aliphatic carbocycles. The van der Waals surface area contributed by atoms with Crippen LogP contribution < -0.4 is 10.2 Å². The van der Waals surface area contributed by atoms with Crippen molar-refractivity contribution in [2.45, 2.75) is 44.3 Å². The average molecular weight is 443 g/mol. The standard InChI is InChI=1S/C27H27FN4O/c28-17-13-15-32(16-14-17)25-10-3-6-18-19(25)11-12-22(18)30-27(33)31-24-9-4-8-23-26(24)20-5-1-2-7-21(20)29-23/h1-7,9-10,17,22,29H,8,11-16H2,(H,30,33). The van der Waals surface area contributed by atoms with Gasteiger partial charge in [-0.15, -0.1) is 0 Å². The summed E-state index contributed by atoms with van der Waals surface area (Å²) in [4.78, 5) is 23.2. The van der Waals surface area contributed by atoms with Gasteiger partial charge in [-0.1, -0.05) is 36.4 Å². The van der Waals surface area contributed by atoms with E-state index in [9.17, 15) is 9.18 Å². The number of nitrogens with one attached hydrogen (secondary N) is 2. The highest BCUT2D eigenvalue weighted by Gasteiger charge is 2.29. The van der Waals surface area contributed by atoms with Crippen molar-refractivity contribution in [2.75, 3.05) is 18.0 Å². The summed E-state index contributed by atoms with van der Waals surface area (Å²) in [6.07, 6.45) is 7.05. The fourth-order valence-electron chi connectivity index (χ4n) is 5.57. The summed E-state index contributed by atoms with van der Waals surface area (Å²) in [6, 6.07) is 14.1. The van der Waals surface area contributed by atoms with Crippen molar-refractivity contribution in [3.05, 3.63) is 77.0 Å². The molecule has 2 N–H and O–H groups in total. The van der Waals surface area contributed by atoms with E-state index in [0.717, 1.165) is 60.1 Å². The zero-order valence-electron chi connectivity index (χ0n) is 18.5. The smallest absolute Gasteiger partial charge is 0.341 e. The lowest BCUT2D eigenvalue weighted by Crippen LogP contribution is -2.35. The summed E-state index contributed by atoms with van der Waals surface area (Å²) in [5.41, 5.74) is 7.52. The first-order valence-electron chi connectivity index (χ1n) is 11.8. The number of urea groups is 1. The molecule has 3 aromatic rings. The number of allylic oxidation sites excluding steroid dienone is 2. The number of amides is 2. The number of hydrogen-bond acceptors (Lipinski definition) is 2. The van der Waals surface area contributed by atoms with E-state index in [-0.39, 0.29) is 12.1 Å². The lowest BCUT2D eigenvalue weighted by atomic mass is 9.99. The normalized spacial score (nSPS) is 21.4. The number of halogens is 1. The summed E-state index contributed by atoms with van der Waals surface area (Å²) in [6.45, 7) is 1.50. The highest BCUT2D eigenvalue weighted by Crippen LogP contribution is 2.38. The second-order valence-electron chi connectivity index (χ2n) is 9.18. The van der Waals surface area contributed by atoms with E-state index in [1.807, 2.05) is 30.4 Å². The highest BCUT2D eigenvalue weighted by atomic mass is 19.1. The number of alkyl halides is 1. The van der Waals surface area contributed by atoms with E-state index < -0.39 is 6.17 Å². The average Bonchev–Trinajstić information content (AvgIpc) is 3.41. The van der Waals surface area contributed by atoms with E-state index >= 15 is 0 Å². The largest absolute Gasteiger partial charge is 0.371 e. The van der Waals surface area contributed by atoms with Gasteiger partial charge in [0.25, 0.3) is 0 Å². The van der Waals surface area contributed by atoms with Crippen molar-refractivity contribution in [2.24, 2.45) is 4.99 Å². The Kier molecular flexibility index (Phi) is 5.01. The summed E-state index contributed by atoms with van der Waals surface area (Å²) >= 11 is 0. The number of rotatable bonds is 2. The molecule has 2 aromatic carbocycles. The van der Waals surface area contributed by atoms with E-state index in [4.69, 9.17) is 0 Å². The number of H-pyrrole nitrogens is 1. The first-order valence-corrected chi connectivity index (χ1v) is 11.8. The summed E-state index contributed by atoms with van der Waals surface area (Å²) in [5, 5.41) is 4.24. The maximum Gasteiger partial charge on any atom is 0.341 e. The van der Waals surface area contributed by atoms with E-state index in [0.29, 0.717) is 18.6 Å². The van der Waals surface area contributed by atoms with Crippen LogP contribution in [0.15, 0.2) is 59.6 Å². The Hall–Kier alpha value is -3.41. The molecule has 0 bridgehead atoms. The number of carbonyl (C=O) groups excluding carboxylic acids is 1. The van der Waals surface area contributed by atoms with Crippen LogP contribution in [0.3, 0.4) is 0 Å². The molecule has 3 aliphatic rings. The second-order valence-corrected chi connectivity index (χ2v) is 9.18. The highest BCUT2D eigenvalue weighted by molar-refractivity contribution is 6.20. The molecule has 1 unspecified atom stereocenters. The molecule has 2 amide bonds. The van der Waals surface area contributed by atoms with Gasteiger partial charge in [0.15, 0.2) is 0 Å². The quantitative estimate of drug-likeness (QED) is 0.558. The molecular weight excluding hydrogens is 415 g/mol. The number of piperidine rings is 1. The topological polar surface area (TPSA) is 60.5 Å². The lowest BCUT2D eigenvalue weighted by molar-refractivity contribution is 0.245. The Bertz CT molecular complexity index is 1280. The van der Waals surface area contributed by atoms with Gasteiger partial charge in [-0.05, 0) is 55.0 Å². The van der Waals surface area contributed by atoms with Gasteiger partial charge >= 0.3 is 6.03 Å². The predicted molar refractivity (Wildman–Crippen MR) is 130 cm³/mol. The molecule has 6 rings (SSSR count). The molecule has 0 spiro atoms. The summed E-state index contributed by atoms with van der Waals surface area (Å²) in [5.74, 6) is 0. The number of anilines is 1. The van der Waals surface area contributed by atoms with Crippen LogP contribution in [0.1, 0.15) is 47.7 Å². The number of carbonyl (C=O) groups is 1. The van der Waals surface area contributed by atoms with Crippen LogP contribution in [0.25, 0.3) is 10.9 Å². The Morgan fingerprint density at radius 3 is 2.82 bits per heavy atom. The third kappa shape index (κ3) is 3.63. The Morgan fingerprint density at radius 2 is 1.94 bits per heavy atom. The molecule has 0 radical (unpaired) electrons. The number of fused-ring (bicyclic) bond motifs is 4. The van der Waals surface area contributed by atoms with Crippen LogP contribution in [0, 0.1) is 0 Å². The Labute approximate surface area is 192 Å². The molecule has 1 aliphatic heterocycles. The zero-order valence-corrected chi connectivity index (χ0v) is 18.5. The van der Waals surface area contributed by atoms with Crippen molar-refractivity contribution in [3.8, 4) is 0 Å². The number of aliphatic imine (C=N–C) groups is 1. The third-order valence-corrected chi connectivity index (χ3v) is 7.17. The summed E-state index contributed by atoms with van der Waals surface area (Å²) in [7, 11) is 0. The van der Waals surface area contributed by atoms with Crippen molar-refractivity contribution >= 4 is 28.3 Å². The number of aromatic nitrogens is 1. The molecule has 1 aromatic heterocycles. The number of nitrogens with zero attached hydrogens (tertiary/aromatic N) is 2. The van der Waals surface area contributed by atoms with Crippen molar-refractivity contribution in [1.29, 1.82) is 0 Å². The van der Waals surface area contributed by atoms with Gasteiger partial charge in [-0.2, -0.15) is 4.99 Å². The predicted octanol–water partition coefficient (Wildman–Crippen LogP) is 5.40. The van der Waals surface area contributed by atoms with Gasteiger partial charge in [-0.25, -0.2) is 9.18 Å². The molecule has 33 heavy (non-hydrogen) atoms. The zero-order chi connectivity index (χ0) is 22.4. The molecular formula is C27H27FN4O. The lowest BCUT2D eigenvalue weighted by Gasteiger charge is -2.32. The maximum absolute atomic E-state index is 13.6. The molecule has 2 heterocycles. The monoisotopic (exact) mass is 442 g/mol.